The minimum Gasteiger partial charge on any atom is -0.487 e. The van der Waals surface area contributed by atoms with Gasteiger partial charge in [-0.15, -0.1) is 0 Å². The highest BCUT2D eigenvalue weighted by Crippen LogP contribution is 2.31. The lowest BCUT2D eigenvalue weighted by Crippen LogP contribution is -2.44. The van der Waals surface area contributed by atoms with Crippen molar-refractivity contribution in [3.63, 3.8) is 0 Å². The van der Waals surface area contributed by atoms with Crippen LogP contribution in [0.15, 0.2) is 36.4 Å². The molecular weight excluding hydrogens is 530 g/mol. The van der Waals surface area contributed by atoms with E-state index in [1.807, 2.05) is 24.3 Å². The maximum atomic E-state index is 14.7. The van der Waals surface area contributed by atoms with E-state index in [0.717, 1.165) is 12.8 Å². The molecule has 2 fully saturated rings. The third kappa shape index (κ3) is 7.47. The van der Waals surface area contributed by atoms with Crippen molar-refractivity contribution in [2.24, 2.45) is 5.92 Å². The molecule has 2 aromatic carbocycles. The minimum atomic E-state index is -1.26. The molecule has 0 spiro atoms. The number of carboxylic acid groups (broad SMARTS) is 1. The number of ketones is 1. The highest BCUT2D eigenvalue weighted by Gasteiger charge is 2.29. The third-order valence-corrected chi connectivity index (χ3v) is 7.90. The van der Waals surface area contributed by atoms with E-state index in [1.165, 1.54) is 17.7 Å². The fraction of sp³-hybridized carbons (Fsp3) is 0.483. The van der Waals surface area contributed by atoms with E-state index in [0.29, 0.717) is 49.7 Å². The predicted molar refractivity (Wildman–Crippen MR) is 142 cm³/mol. The number of hydrogen-bond acceptors (Lipinski definition) is 4. The van der Waals surface area contributed by atoms with Crippen LogP contribution in [0.4, 0.5) is 13.6 Å². The number of nitrogens with one attached hydrogen (secondary N) is 1. The maximum Gasteiger partial charge on any atom is 0.317 e. The zero-order valence-electron chi connectivity index (χ0n) is 21.6. The zero-order chi connectivity index (χ0) is 27.9. The average Bonchev–Trinajstić information content (AvgIpc) is 2.94. The molecule has 1 saturated carbocycles. The first-order valence-electron chi connectivity index (χ1n) is 13.4. The van der Waals surface area contributed by atoms with Gasteiger partial charge >= 0.3 is 12.0 Å². The Kier molecular flexibility index (Phi) is 9.78. The number of aliphatic carboxylic acids is 1. The topological polar surface area (TPSA) is 95.9 Å². The molecule has 2 aliphatic rings. The van der Waals surface area contributed by atoms with Gasteiger partial charge in [-0.05, 0) is 80.7 Å². The number of Topliss-reactive ketones (excluding diaryl/α,β-unsaturated/α-hetero) is 1. The molecule has 7 nitrogen and oxygen atoms in total. The van der Waals surface area contributed by atoms with E-state index in [4.69, 9.17) is 21.4 Å². The molecule has 2 amide bonds. The van der Waals surface area contributed by atoms with Crippen LogP contribution in [-0.2, 0) is 4.79 Å². The molecule has 0 radical (unpaired) electrons. The van der Waals surface area contributed by atoms with Crippen molar-refractivity contribution < 1.29 is 33.0 Å². The van der Waals surface area contributed by atoms with Crippen molar-refractivity contribution in [1.82, 2.24) is 10.2 Å². The summed E-state index contributed by atoms with van der Waals surface area (Å²) in [5, 5.41) is 12.6. The second-order valence-electron chi connectivity index (χ2n) is 10.2. The number of urea groups is 1. The predicted octanol–water partition coefficient (Wildman–Crippen LogP) is 6.19. The summed E-state index contributed by atoms with van der Waals surface area (Å²) >= 11 is 5.96. The van der Waals surface area contributed by atoms with Crippen LogP contribution in [0.2, 0.25) is 5.02 Å². The molecule has 1 saturated heterocycles. The van der Waals surface area contributed by atoms with E-state index >= 15 is 0 Å². The smallest absolute Gasteiger partial charge is 0.317 e. The van der Waals surface area contributed by atoms with Gasteiger partial charge in [0.25, 0.3) is 0 Å². The van der Waals surface area contributed by atoms with Gasteiger partial charge in [0.05, 0.1) is 17.6 Å². The van der Waals surface area contributed by atoms with Gasteiger partial charge in [0.2, 0.25) is 5.82 Å². The average molecular weight is 563 g/mol. The number of piperidine rings is 1. The zero-order valence-corrected chi connectivity index (χ0v) is 22.4. The Balaban J connectivity index is 1.19. The Labute approximate surface area is 231 Å². The summed E-state index contributed by atoms with van der Waals surface area (Å²) in [6, 6.07) is 10.0. The van der Waals surface area contributed by atoms with Crippen LogP contribution in [-0.4, -0.2) is 53.5 Å². The molecule has 0 aromatic heterocycles. The number of carboxylic acids is 1. The minimum absolute atomic E-state index is 0.0469. The van der Waals surface area contributed by atoms with E-state index in [1.54, 1.807) is 4.90 Å². The molecule has 39 heavy (non-hydrogen) atoms. The van der Waals surface area contributed by atoms with E-state index in [9.17, 15) is 23.2 Å². The number of likely N-dealkylation sites (tertiary alicyclic amines) is 1. The van der Waals surface area contributed by atoms with Crippen molar-refractivity contribution in [3.05, 3.63) is 64.2 Å². The molecule has 1 aliphatic carbocycles. The third-order valence-electron chi connectivity index (χ3n) is 7.64. The molecule has 0 bridgehead atoms. The number of carbonyl (C=O) groups excluding carboxylic acids is 2. The molecule has 0 atom stereocenters. The molecule has 210 valence electrons. The summed E-state index contributed by atoms with van der Waals surface area (Å²) in [5.74, 6) is -4.25. The lowest BCUT2D eigenvalue weighted by atomic mass is 9.87. The normalized spacial score (nSPS) is 19.9. The van der Waals surface area contributed by atoms with Crippen molar-refractivity contribution in [3.8, 4) is 5.75 Å². The molecule has 1 heterocycles. The van der Waals surface area contributed by atoms with Crippen LogP contribution in [0.5, 0.6) is 5.75 Å². The molecule has 2 aromatic rings. The number of carbonyl (C=O) groups is 3. The summed E-state index contributed by atoms with van der Waals surface area (Å²) in [6.07, 6.45) is 3.24. The number of halogens is 3. The van der Waals surface area contributed by atoms with Crippen LogP contribution in [0, 0.1) is 17.6 Å². The van der Waals surface area contributed by atoms with Gasteiger partial charge in [0, 0.05) is 31.1 Å². The first-order valence-corrected chi connectivity index (χ1v) is 13.8. The number of rotatable bonds is 9. The van der Waals surface area contributed by atoms with Gasteiger partial charge < -0.3 is 20.1 Å². The van der Waals surface area contributed by atoms with Gasteiger partial charge in [-0.1, -0.05) is 23.7 Å². The molecular formula is C29H33ClF2N2O5. The number of ether oxygens (including phenoxy) is 1. The first-order chi connectivity index (χ1) is 18.7. The van der Waals surface area contributed by atoms with Gasteiger partial charge in [-0.3, -0.25) is 9.59 Å². The Morgan fingerprint density at radius 3 is 2.26 bits per heavy atom. The van der Waals surface area contributed by atoms with Gasteiger partial charge in [0.15, 0.2) is 17.3 Å². The van der Waals surface area contributed by atoms with Crippen LogP contribution >= 0.6 is 11.6 Å². The van der Waals surface area contributed by atoms with Crippen molar-refractivity contribution in [1.29, 1.82) is 0 Å². The quantitative estimate of drug-likeness (QED) is 0.280. The first kappa shape index (κ1) is 28.8. The summed E-state index contributed by atoms with van der Waals surface area (Å²) in [5.41, 5.74) is 0.856. The van der Waals surface area contributed by atoms with Crippen molar-refractivity contribution in [2.75, 3.05) is 19.6 Å². The molecule has 10 heteroatoms. The van der Waals surface area contributed by atoms with Gasteiger partial charge in [0.1, 0.15) is 0 Å². The Morgan fingerprint density at radius 1 is 0.949 bits per heavy atom. The highest BCUT2D eigenvalue weighted by molar-refractivity contribution is 6.30. The van der Waals surface area contributed by atoms with E-state index in [2.05, 4.69) is 5.32 Å². The van der Waals surface area contributed by atoms with Crippen molar-refractivity contribution >= 4 is 29.4 Å². The SMILES string of the molecule is O=C(CCCNC(=O)N1CCC(c2ccc(Cl)cc2)CC1)c1ccc(OC2CCC(C(=O)O)CC2)c(F)c1F. The Bertz CT molecular complexity index is 1180. The summed E-state index contributed by atoms with van der Waals surface area (Å²) in [7, 11) is 0. The second-order valence-corrected chi connectivity index (χ2v) is 10.7. The van der Waals surface area contributed by atoms with E-state index < -0.39 is 35.4 Å². The standard InChI is InChI=1S/C29H33ClF2N2O5/c30-21-7-3-18(4-8-21)19-13-16-34(17-14-19)29(38)33-15-1-2-24(35)23-11-12-25(27(32)26(23)31)39-22-9-5-20(6-10-22)28(36)37/h3-4,7-8,11-12,19-20,22H,1-2,5-6,9-10,13-17H2,(H,33,38)(H,36,37). The number of hydrogen-bond donors (Lipinski definition) is 2. The van der Waals surface area contributed by atoms with Crippen LogP contribution in [0.25, 0.3) is 0 Å². The second kappa shape index (κ2) is 13.2. The Hall–Kier alpha value is -3.20. The van der Waals surface area contributed by atoms with Gasteiger partial charge in [-0.2, -0.15) is 4.39 Å². The molecule has 2 N–H and O–H groups in total. The van der Waals surface area contributed by atoms with E-state index in [-0.39, 0.29) is 36.7 Å². The largest absolute Gasteiger partial charge is 0.487 e. The number of nitrogens with zero attached hydrogens (tertiary/aromatic N) is 1. The fourth-order valence-electron chi connectivity index (χ4n) is 5.29. The summed E-state index contributed by atoms with van der Waals surface area (Å²) < 4.78 is 34.8. The lowest BCUT2D eigenvalue weighted by Gasteiger charge is -2.32. The van der Waals surface area contributed by atoms with Gasteiger partial charge in [-0.25, -0.2) is 9.18 Å². The molecule has 0 unspecified atom stereocenters. The maximum absolute atomic E-state index is 14.7. The van der Waals surface area contributed by atoms with Crippen LogP contribution in [0.1, 0.15) is 73.2 Å². The Morgan fingerprint density at radius 2 is 1.62 bits per heavy atom. The van der Waals surface area contributed by atoms with Crippen LogP contribution < -0.4 is 10.1 Å². The number of benzene rings is 2. The van der Waals surface area contributed by atoms with Crippen molar-refractivity contribution in [2.45, 2.75) is 63.4 Å². The summed E-state index contributed by atoms with van der Waals surface area (Å²) in [6.45, 7) is 1.49. The lowest BCUT2D eigenvalue weighted by molar-refractivity contribution is -0.143. The number of amides is 2. The molecule has 4 rings (SSSR count). The van der Waals surface area contributed by atoms with Crippen LogP contribution in [0.3, 0.4) is 0 Å². The monoisotopic (exact) mass is 562 g/mol. The fourth-order valence-corrected chi connectivity index (χ4v) is 5.41. The molecule has 1 aliphatic heterocycles. The highest BCUT2D eigenvalue weighted by atomic mass is 35.5. The summed E-state index contributed by atoms with van der Waals surface area (Å²) in [4.78, 5) is 37.9.